The summed E-state index contributed by atoms with van der Waals surface area (Å²) in [5.41, 5.74) is -0.711. The maximum atomic E-state index is 12.5. The van der Waals surface area contributed by atoms with E-state index in [1.807, 2.05) is 6.92 Å². The lowest BCUT2D eigenvalue weighted by Crippen LogP contribution is -2.32. The molecule has 1 aromatic carbocycles. The van der Waals surface area contributed by atoms with Crippen LogP contribution in [0.3, 0.4) is 0 Å². The van der Waals surface area contributed by atoms with Crippen molar-refractivity contribution in [3.05, 3.63) is 40.2 Å². The molecule has 0 amide bonds. The first-order chi connectivity index (χ1) is 10.6. The van der Waals surface area contributed by atoms with Crippen molar-refractivity contribution in [1.29, 1.82) is 0 Å². The first-order valence-corrected chi connectivity index (χ1v) is 7.28. The predicted molar refractivity (Wildman–Crippen MR) is 82.2 cm³/mol. The molecule has 0 unspecified atom stereocenters. The molecule has 118 valence electrons. The molecule has 0 atom stereocenters. The number of ether oxygens (including phenoxy) is 1. The first kappa shape index (κ1) is 15.9. The van der Waals surface area contributed by atoms with E-state index in [-0.39, 0.29) is 12.4 Å². The van der Waals surface area contributed by atoms with Crippen LogP contribution in [0.25, 0.3) is 10.9 Å². The van der Waals surface area contributed by atoms with Gasteiger partial charge in [-0.05, 0) is 25.5 Å². The summed E-state index contributed by atoms with van der Waals surface area (Å²) in [4.78, 5) is 30.0. The fraction of sp³-hybridized carbons (Fsp3) is 0.375. The number of fused-ring (bicyclic) bond motifs is 1. The molecule has 0 aliphatic heterocycles. The number of unbranched alkanes of at least 4 members (excludes halogenated alkanes) is 1. The van der Waals surface area contributed by atoms with Crippen LogP contribution in [0, 0.1) is 0 Å². The van der Waals surface area contributed by atoms with Crippen LogP contribution < -0.4 is 10.4 Å². The zero-order valence-electron chi connectivity index (χ0n) is 12.7. The molecule has 1 N–H and O–H groups in total. The van der Waals surface area contributed by atoms with E-state index >= 15 is 0 Å². The summed E-state index contributed by atoms with van der Waals surface area (Å²) < 4.78 is 5.90. The number of esters is 1. The first-order valence-electron chi connectivity index (χ1n) is 7.28. The SMILES string of the molecule is CCCCOn1c(=O)c(C(=O)OCC)c(O)c2ccccc21. The number of carbonyl (C=O) groups is 1. The van der Waals surface area contributed by atoms with Crippen molar-refractivity contribution < 1.29 is 19.5 Å². The Kier molecular flexibility index (Phi) is 5.04. The van der Waals surface area contributed by atoms with Crippen LogP contribution in [0.1, 0.15) is 37.0 Å². The number of aromatic nitrogens is 1. The van der Waals surface area contributed by atoms with Crippen LogP contribution in [0.5, 0.6) is 5.75 Å². The lowest BCUT2D eigenvalue weighted by atomic mass is 10.1. The number of nitrogens with zero attached hydrogens (tertiary/aromatic N) is 1. The zero-order chi connectivity index (χ0) is 16.1. The maximum Gasteiger partial charge on any atom is 0.347 e. The van der Waals surface area contributed by atoms with Crippen LogP contribution in [-0.2, 0) is 4.74 Å². The number of benzene rings is 1. The van der Waals surface area contributed by atoms with E-state index in [2.05, 4.69) is 0 Å². The molecule has 0 radical (unpaired) electrons. The van der Waals surface area contributed by atoms with Gasteiger partial charge in [0, 0.05) is 5.39 Å². The number of carbonyl (C=O) groups excluding carboxylic acids is 1. The Balaban J connectivity index is 2.65. The van der Waals surface area contributed by atoms with E-state index in [0.29, 0.717) is 17.5 Å². The highest BCUT2D eigenvalue weighted by atomic mass is 16.7. The van der Waals surface area contributed by atoms with Crippen molar-refractivity contribution in [2.75, 3.05) is 13.2 Å². The molecule has 0 spiro atoms. The standard InChI is InChI=1S/C16H19NO5/c1-3-5-10-22-17-12-9-7-6-8-11(12)14(18)13(15(17)19)16(20)21-4-2/h6-9,18H,3-5,10H2,1-2H3. The third-order valence-electron chi connectivity index (χ3n) is 3.21. The lowest BCUT2D eigenvalue weighted by molar-refractivity contribution is 0.0510. The Labute approximate surface area is 127 Å². The van der Waals surface area contributed by atoms with Crippen molar-refractivity contribution in [3.63, 3.8) is 0 Å². The minimum Gasteiger partial charge on any atom is -0.506 e. The molecule has 0 aliphatic carbocycles. The van der Waals surface area contributed by atoms with Crippen molar-refractivity contribution in [3.8, 4) is 5.75 Å². The van der Waals surface area contributed by atoms with Gasteiger partial charge in [0.1, 0.15) is 12.4 Å². The zero-order valence-corrected chi connectivity index (χ0v) is 12.7. The highest BCUT2D eigenvalue weighted by molar-refractivity contribution is 5.99. The van der Waals surface area contributed by atoms with Gasteiger partial charge in [-0.3, -0.25) is 4.79 Å². The molecule has 0 fully saturated rings. The highest BCUT2D eigenvalue weighted by Gasteiger charge is 2.23. The molecule has 6 heteroatoms. The van der Waals surface area contributed by atoms with Crippen LogP contribution >= 0.6 is 0 Å². The van der Waals surface area contributed by atoms with Gasteiger partial charge in [-0.15, -0.1) is 4.73 Å². The minimum absolute atomic E-state index is 0.112. The summed E-state index contributed by atoms with van der Waals surface area (Å²) in [6, 6.07) is 6.70. The predicted octanol–water partition coefficient (Wildman–Crippen LogP) is 2.11. The van der Waals surface area contributed by atoms with Gasteiger partial charge in [-0.1, -0.05) is 25.5 Å². The van der Waals surface area contributed by atoms with Crippen molar-refractivity contribution in [2.24, 2.45) is 0 Å². The molecule has 0 saturated carbocycles. The summed E-state index contributed by atoms with van der Waals surface area (Å²) in [5, 5.41) is 10.6. The van der Waals surface area contributed by atoms with Gasteiger partial charge in [0.25, 0.3) is 0 Å². The van der Waals surface area contributed by atoms with E-state index in [4.69, 9.17) is 9.57 Å². The molecule has 0 aliphatic rings. The van der Waals surface area contributed by atoms with Gasteiger partial charge in [-0.25, -0.2) is 4.79 Å². The van der Waals surface area contributed by atoms with Gasteiger partial charge >= 0.3 is 11.5 Å². The Morgan fingerprint density at radius 3 is 2.68 bits per heavy atom. The number of para-hydroxylation sites is 1. The van der Waals surface area contributed by atoms with Crippen molar-refractivity contribution in [1.82, 2.24) is 4.73 Å². The Hall–Kier alpha value is -2.50. The molecule has 6 nitrogen and oxygen atoms in total. The number of hydrogen-bond acceptors (Lipinski definition) is 5. The van der Waals surface area contributed by atoms with Crippen LogP contribution in [0.15, 0.2) is 29.1 Å². The molecule has 1 aromatic heterocycles. The topological polar surface area (TPSA) is 77.8 Å². The molecule has 0 bridgehead atoms. The smallest absolute Gasteiger partial charge is 0.347 e. The summed E-state index contributed by atoms with van der Waals surface area (Å²) in [5.74, 6) is -1.24. The summed E-state index contributed by atoms with van der Waals surface area (Å²) >= 11 is 0. The van der Waals surface area contributed by atoms with Gasteiger partial charge in [0.15, 0.2) is 5.56 Å². The van der Waals surface area contributed by atoms with Crippen LogP contribution in [0.4, 0.5) is 0 Å². The molecular formula is C16H19NO5. The summed E-state index contributed by atoms with van der Waals surface area (Å²) in [6.07, 6.45) is 1.69. The van der Waals surface area contributed by atoms with E-state index < -0.39 is 17.1 Å². The second-order valence-corrected chi connectivity index (χ2v) is 4.75. The maximum absolute atomic E-state index is 12.5. The number of pyridine rings is 1. The van der Waals surface area contributed by atoms with Crippen LogP contribution in [-0.4, -0.2) is 29.0 Å². The number of hydrogen-bond donors (Lipinski definition) is 1. The average Bonchev–Trinajstić information content (AvgIpc) is 2.51. The number of aromatic hydroxyl groups is 1. The largest absolute Gasteiger partial charge is 0.506 e. The Morgan fingerprint density at radius 1 is 1.27 bits per heavy atom. The quantitative estimate of drug-likeness (QED) is 0.653. The fourth-order valence-corrected chi connectivity index (χ4v) is 2.11. The van der Waals surface area contributed by atoms with Gasteiger partial charge in [-0.2, -0.15) is 0 Å². The van der Waals surface area contributed by atoms with Gasteiger partial charge in [0.2, 0.25) is 0 Å². The molecular weight excluding hydrogens is 286 g/mol. The normalized spacial score (nSPS) is 10.6. The highest BCUT2D eigenvalue weighted by Crippen LogP contribution is 2.26. The molecule has 0 saturated heterocycles. The van der Waals surface area contributed by atoms with Gasteiger partial charge < -0.3 is 14.7 Å². The second kappa shape index (κ2) is 6.98. The lowest BCUT2D eigenvalue weighted by Gasteiger charge is -2.14. The van der Waals surface area contributed by atoms with E-state index in [9.17, 15) is 14.7 Å². The van der Waals surface area contributed by atoms with Crippen LogP contribution in [0.2, 0.25) is 0 Å². The average molecular weight is 305 g/mol. The third kappa shape index (κ3) is 2.90. The Morgan fingerprint density at radius 2 is 2.00 bits per heavy atom. The minimum atomic E-state index is -0.858. The van der Waals surface area contributed by atoms with Crippen molar-refractivity contribution >= 4 is 16.9 Å². The van der Waals surface area contributed by atoms with E-state index in [1.165, 1.54) is 0 Å². The molecule has 1 heterocycles. The van der Waals surface area contributed by atoms with Gasteiger partial charge in [0.05, 0.1) is 12.1 Å². The summed E-state index contributed by atoms with van der Waals surface area (Å²) in [7, 11) is 0. The molecule has 2 aromatic rings. The summed E-state index contributed by atoms with van der Waals surface area (Å²) in [6.45, 7) is 4.09. The molecule has 2 rings (SSSR count). The number of rotatable bonds is 6. The molecule has 22 heavy (non-hydrogen) atoms. The second-order valence-electron chi connectivity index (χ2n) is 4.75. The Bertz CT molecular complexity index is 735. The fourth-order valence-electron chi connectivity index (χ4n) is 2.11. The van der Waals surface area contributed by atoms with E-state index in [0.717, 1.165) is 17.6 Å². The monoisotopic (exact) mass is 305 g/mol. The van der Waals surface area contributed by atoms with Crippen molar-refractivity contribution in [2.45, 2.75) is 26.7 Å². The van der Waals surface area contributed by atoms with E-state index in [1.54, 1.807) is 31.2 Å². The third-order valence-corrected chi connectivity index (χ3v) is 3.21.